The highest BCUT2D eigenvalue weighted by Gasteiger charge is 2.42. The zero-order valence-electron chi connectivity index (χ0n) is 13.4. The van der Waals surface area contributed by atoms with Crippen molar-refractivity contribution >= 4 is 0 Å². The lowest BCUT2D eigenvalue weighted by atomic mass is 9.71. The zero-order chi connectivity index (χ0) is 14.9. The molecule has 1 aromatic heterocycles. The van der Waals surface area contributed by atoms with Gasteiger partial charge in [-0.3, -0.25) is 9.88 Å². The first kappa shape index (κ1) is 15.0. The van der Waals surface area contributed by atoms with Gasteiger partial charge < -0.3 is 5.11 Å². The standard InChI is InChI=1S/C18H28N2O/c1-14(2)17-8-5-7-16(19-17)13-20-11-10-18(21)9-4-3-6-15(18)12-20/h5,7-8,14-15,21H,3-4,6,9-13H2,1-2H3. The summed E-state index contributed by atoms with van der Waals surface area (Å²) in [6, 6.07) is 6.37. The van der Waals surface area contributed by atoms with Gasteiger partial charge in [-0.1, -0.05) is 32.8 Å². The van der Waals surface area contributed by atoms with Gasteiger partial charge in [0.05, 0.1) is 11.3 Å². The van der Waals surface area contributed by atoms with Crippen LogP contribution in [0.4, 0.5) is 0 Å². The van der Waals surface area contributed by atoms with Gasteiger partial charge in [0.2, 0.25) is 0 Å². The number of likely N-dealkylation sites (tertiary alicyclic amines) is 1. The van der Waals surface area contributed by atoms with E-state index in [0.29, 0.717) is 11.8 Å². The third kappa shape index (κ3) is 3.29. The van der Waals surface area contributed by atoms with Crippen LogP contribution in [0.2, 0.25) is 0 Å². The molecule has 116 valence electrons. The van der Waals surface area contributed by atoms with E-state index in [0.717, 1.165) is 32.5 Å². The molecule has 0 amide bonds. The van der Waals surface area contributed by atoms with Gasteiger partial charge in [0, 0.05) is 31.2 Å². The summed E-state index contributed by atoms with van der Waals surface area (Å²) >= 11 is 0. The molecule has 1 aliphatic heterocycles. The Morgan fingerprint density at radius 1 is 1.33 bits per heavy atom. The highest BCUT2D eigenvalue weighted by atomic mass is 16.3. The first-order valence-electron chi connectivity index (χ1n) is 8.47. The lowest BCUT2D eigenvalue weighted by molar-refractivity contribution is -0.0969. The van der Waals surface area contributed by atoms with Crippen LogP contribution in [0.15, 0.2) is 18.2 Å². The average Bonchev–Trinajstić information content (AvgIpc) is 2.48. The van der Waals surface area contributed by atoms with Crippen LogP contribution in [0.5, 0.6) is 0 Å². The first-order valence-corrected chi connectivity index (χ1v) is 8.47. The summed E-state index contributed by atoms with van der Waals surface area (Å²) in [6.45, 7) is 7.34. The van der Waals surface area contributed by atoms with Gasteiger partial charge in [-0.25, -0.2) is 0 Å². The molecule has 2 fully saturated rings. The fourth-order valence-electron chi connectivity index (χ4n) is 3.92. The van der Waals surface area contributed by atoms with Gasteiger partial charge in [-0.15, -0.1) is 0 Å². The second-order valence-corrected chi connectivity index (χ2v) is 7.24. The number of hydrogen-bond donors (Lipinski definition) is 1. The monoisotopic (exact) mass is 288 g/mol. The minimum atomic E-state index is -0.373. The first-order chi connectivity index (χ1) is 10.1. The molecule has 2 aliphatic rings. The summed E-state index contributed by atoms with van der Waals surface area (Å²) < 4.78 is 0. The lowest BCUT2D eigenvalue weighted by Crippen LogP contribution is -2.53. The summed E-state index contributed by atoms with van der Waals surface area (Å²) in [5.41, 5.74) is 1.98. The van der Waals surface area contributed by atoms with Crippen molar-refractivity contribution in [3.63, 3.8) is 0 Å². The molecule has 0 bridgehead atoms. The van der Waals surface area contributed by atoms with Gasteiger partial charge in [-0.05, 0) is 37.3 Å². The summed E-state index contributed by atoms with van der Waals surface area (Å²) in [7, 11) is 0. The number of nitrogens with zero attached hydrogens (tertiary/aromatic N) is 2. The molecule has 1 aromatic rings. The maximum Gasteiger partial charge on any atom is 0.0700 e. The van der Waals surface area contributed by atoms with Crippen LogP contribution in [0.1, 0.15) is 63.3 Å². The van der Waals surface area contributed by atoms with E-state index >= 15 is 0 Å². The van der Waals surface area contributed by atoms with E-state index in [1.807, 2.05) is 0 Å². The van der Waals surface area contributed by atoms with Crippen molar-refractivity contribution in [1.29, 1.82) is 0 Å². The summed E-state index contributed by atoms with van der Waals surface area (Å²) in [6.07, 6.45) is 5.60. The Hall–Kier alpha value is -0.930. The van der Waals surface area contributed by atoms with Gasteiger partial charge in [0.25, 0.3) is 0 Å². The Morgan fingerprint density at radius 3 is 3.00 bits per heavy atom. The van der Waals surface area contributed by atoms with Crippen LogP contribution in [0, 0.1) is 5.92 Å². The van der Waals surface area contributed by atoms with Crippen LogP contribution in [-0.2, 0) is 6.54 Å². The summed E-state index contributed by atoms with van der Waals surface area (Å²) in [4.78, 5) is 7.27. The average molecular weight is 288 g/mol. The lowest BCUT2D eigenvalue weighted by Gasteiger charge is -2.47. The molecule has 2 heterocycles. The third-order valence-electron chi connectivity index (χ3n) is 5.32. The normalized spacial score (nSPS) is 30.4. The van der Waals surface area contributed by atoms with Crippen LogP contribution in [-0.4, -0.2) is 33.7 Å². The number of rotatable bonds is 3. The topological polar surface area (TPSA) is 36.4 Å². The largest absolute Gasteiger partial charge is 0.390 e. The maximum atomic E-state index is 10.7. The molecule has 21 heavy (non-hydrogen) atoms. The van der Waals surface area contributed by atoms with Crippen LogP contribution >= 0.6 is 0 Å². The fraction of sp³-hybridized carbons (Fsp3) is 0.722. The third-order valence-corrected chi connectivity index (χ3v) is 5.32. The fourth-order valence-corrected chi connectivity index (χ4v) is 3.92. The molecule has 3 rings (SSSR count). The molecular weight excluding hydrogens is 260 g/mol. The summed E-state index contributed by atoms with van der Waals surface area (Å²) in [5.74, 6) is 0.947. The van der Waals surface area contributed by atoms with E-state index in [1.54, 1.807) is 0 Å². The highest BCUT2D eigenvalue weighted by Crippen LogP contribution is 2.39. The van der Waals surface area contributed by atoms with Crippen LogP contribution in [0.3, 0.4) is 0 Å². The zero-order valence-corrected chi connectivity index (χ0v) is 13.4. The molecular formula is C18H28N2O. The number of piperidine rings is 1. The Morgan fingerprint density at radius 2 is 2.19 bits per heavy atom. The van der Waals surface area contributed by atoms with Gasteiger partial charge in [0.15, 0.2) is 0 Å². The van der Waals surface area contributed by atoms with Gasteiger partial charge in [-0.2, -0.15) is 0 Å². The number of fused-ring (bicyclic) bond motifs is 1. The van der Waals surface area contributed by atoms with Crippen LogP contribution in [0.25, 0.3) is 0 Å². The molecule has 1 saturated carbocycles. The van der Waals surface area contributed by atoms with Crippen molar-refractivity contribution in [2.75, 3.05) is 13.1 Å². The molecule has 1 saturated heterocycles. The predicted molar refractivity (Wildman–Crippen MR) is 85.1 cm³/mol. The molecule has 0 aromatic carbocycles. The number of aliphatic hydroxyl groups is 1. The minimum Gasteiger partial charge on any atom is -0.390 e. The molecule has 2 unspecified atom stereocenters. The van der Waals surface area contributed by atoms with Crippen molar-refractivity contribution < 1.29 is 5.11 Å². The quantitative estimate of drug-likeness (QED) is 0.927. The number of aromatic nitrogens is 1. The second kappa shape index (κ2) is 6.05. The van der Waals surface area contributed by atoms with E-state index in [2.05, 4.69) is 36.9 Å². The highest BCUT2D eigenvalue weighted by molar-refractivity contribution is 5.14. The Bertz CT molecular complexity index is 488. The van der Waals surface area contributed by atoms with E-state index in [4.69, 9.17) is 4.98 Å². The SMILES string of the molecule is CC(C)c1cccc(CN2CCC3(O)CCCCC3C2)n1. The van der Waals surface area contributed by atoms with Crippen molar-refractivity contribution in [3.8, 4) is 0 Å². The van der Waals surface area contributed by atoms with E-state index in [-0.39, 0.29) is 5.60 Å². The molecule has 0 spiro atoms. The molecule has 2 atom stereocenters. The van der Waals surface area contributed by atoms with E-state index < -0.39 is 0 Å². The molecule has 1 N–H and O–H groups in total. The Labute approximate surface area is 128 Å². The van der Waals surface area contributed by atoms with Gasteiger partial charge >= 0.3 is 0 Å². The Balaban J connectivity index is 1.65. The van der Waals surface area contributed by atoms with Crippen LogP contribution < -0.4 is 0 Å². The van der Waals surface area contributed by atoms with E-state index in [1.165, 1.54) is 30.7 Å². The minimum absolute atomic E-state index is 0.373. The van der Waals surface area contributed by atoms with Gasteiger partial charge in [0.1, 0.15) is 0 Å². The molecule has 1 aliphatic carbocycles. The predicted octanol–water partition coefficient (Wildman–Crippen LogP) is 3.33. The van der Waals surface area contributed by atoms with E-state index in [9.17, 15) is 5.11 Å². The van der Waals surface area contributed by atoms with Crippen molar-refractivity contribution in [2.24, 2.45) is 5.92 Å². The van der Waals surface area contributed by atoms with Crippen molar-refractivity contribution in [2.45, 2.75) is 64.0 Å². The number of hydrogen-bond acceptors (Lipinski definition) is 3. The van der Waals surface area contributed by atoms with Crippen molar-refractivity contribution in [1.82, 2.24) is 9.88 Å². The second-order valence-electron chi connectivity index (χ2n) is 7.24. The molecule has 3 nitrogen and oxygen atoms in total. The molecule has 0 radical (unpaired) electrons. The Kier molecular flexibility index (Phi) is 4.32. The smallest absolute Gasteiger partial charge is 0.0700 e. The van der Waals surface area contributed by atoms with Crippen molar-refractivity contribution in [3.05, 3.63) is 29.6 Å². The summed E-state index contributed by atoms with van der Waals surface area (Å²) in [5, 5.41) is 10.7. The number of pyridine rings is 1. The molecule has 3 heteroatoms. The maximum absolute atomic E-state index is 10.7.